The lowest BCUT2D eigenvalue weighted by Crippen LogP contribution is -2.36. The van der Waals surface area contributed by atoms with Crippen molar-refractivity contribution in [2.24, 2.45) is 5.11 Å². The van der Waals surface area contributed by atoms with Crippen LogP contribution >= 0.6 is 0 Å². The number of rotatable bonds is 5. The summed E-state index contributed by atoms with van der Waals surface area (Å²) in [5, 5.41) is 6.20. The Morgan fingerprint density at radius 1 is 1.41 bits per heavy atom. The number of hydrogen-bond acceptors (Lipinski definition) is 2. The number of benzene rings is 1. The fourth-order valence-corrected chi connectivity index (χ4v) is 1.96. The lowest BCUT2D eigenvalue weighted by atomic mass is 9.95. The molecule has 0 bridgehead atoms. The standard InChI is InChI=1S/C12H14N4O/c13-16-15-9-8-14-11(17)12(6-7-12)10-4-2-1-3-5-10/h1-5H,6-9H2,(H,14,17). The first-order valence-corrected chi connectivity index (χ1v) is 5.64. The van der Waals surface area contributed by atoms with E-state index in [9.17, 15) is 4.79 Å². The molecule has 1 amide bonds. The second-order valence-corrected chi connectivity index (χ2v) is 4.16. The molecular weight excluding hydrogens is 216 g/mol. The minimum absolute atomic E-state index is 0.0387. The summed E-state index contributed by atoms with van der Waals surface area (Å²) in [5.41, 5.74) is 8.86. The van der Waals surface area contributed by atoms with Gasteiger partial charge >= 0.3 is 0 Å². The third-order valence-corrected chi connectivity index (χ3v) is 3.07. The molecule has 2 rings (SSSR count). The molecule has 0 spiro atoms. The largest absolute Gasteiger partial charge is 0.355 e. The molecule has 17 heavy (non-hydrogen) atoms. The van der Waals surface area contributed by atoms with E-state index in [1.54, 1.807) is 0 Å². The fraction of sp³-hybridized carbons (Fsp3) is 0.417. The molecule has 1 aliphatic rings. The number of carbonyl (C=O) groups excluding carboxylic acids is 1. The van der Waals surface area contributed by atoms with E-state index >= 15 is 0 Å². The molecule has 88 valence electrons. The van der Waals surface area contributed by atoms with Gasteiger partial charge in [-0.2, -0.15) is 0 Å². The molecule has 0 aliphatic heterocycles. The van der Waals surface area contributed by atoms with E-state index in [2.05, 4.69) is 15.3 Å². The summed E-state index contributed by atoms with van der Waals surface area (Å²) in [6, 6.07) is 9.81. The maximum absolute atomic E-state index is 12.0. The van der Waals surface area contributed by atoms with Crippen molar-refractivity contribution in [1.82, 2.24) is 5.32 Å². The van der Waals surface area contributed by atoms with Crippen LogP contribution in [-0.4, -0.2) is 19.0 Å². The van der Waals surface area contributed by atoms with Crippen LogP contribution in [-0.2, 0) is 10.2 Å². The monoisotopic (exact) mass is 230 g/mol. The first-order chi connectivity index (χ1) is 8.29. The third kappa shape index (κ3) is 2.40. The van der Waals surface area contributed by atoms with Gasteiger partial charge in [-0.25, -0.2) is 0 Å². The van der Waals surface area contributed by atoms with E-state index < -0.39 is 0 Å². The van der Waals surface area contributed by atoms with Gasteiger partial charge in [-0.3, -0.25) is 4.79 Å². The molecule has 0 aromatic heterocycles. The minimum Gasteiger partial charge on any atom is -0.355 e. The molecule has 1 aromatic rings. The zero-order valence-electron chi connectivity index (χ0n) is 9.47. The minimum atomic E-state index is -0.336. The summed E-state index contributed by atoms with van der Waals surface area (Å²) in [6.07, 6.45) is 1.79. The van der Waals surface area contributed by atoms with Gasteiger partial charge in [0.15, 0.2) is 0 Å². The highest BCUT2D eigenvalue weighted by Gasteiger charge is 2.50. The molecule has 0 radical (unpaired) electrons. The molecule has 1 fully saturated rings. The van der Waals surface area contributed by atoms with E-state index in [0.29, 0.717) is 13.1 Å². The van der Waals surface area contributed by atoms with Crippen LogP contribution in [0.25, 0.3) is 10.4 Å². The highest BCUT2D eigenvalue weighted by atomic mass is 16.2. The van der Waals surface area contributed by atoms with E-state index in [1.807, 2.05) is 30.3 Å². The zero-order chi connectivity index (χ0) is 12.1. The first-order valence-electron chi connectivity index (χ1n) is 5.64. The average Bonchev–Trinajstić information content (AvgIpc) is 3.17. The highest BCUT2D eigenvalue weighted by Crippen LogP contribution is 2.48. The van der Waals surface area contributed by atoms with Crippen LogP contribution in [0.2, 0.25) is 0 Å². The lowest BCUT2D eigenvalue weighted by Gasteiger charge is -2.15. The van der Waals surface area contributed by atoms with Crippen molar-refractivity contribution in [3.8, 4) is 0 Å². The summed E-state index contributed by atoms with van der Waals surface area (Å²) in [7, 11) is 0. The smallest absolute Gasteiger partial charge is 0.230 e. The Morgan fingerprint density at radius 3 is 2.71 bits per heavy atom. The van der Waals surface area contributed by atoms with E-state index in [1.165, 1.54) is 0 Å². The van der Waals surface area contributed by atoms with Gasteiger partial charge in [0.05, 0.1) is 5.41 Å². The number of amides is 1. The van der Waals surface area contributed by atoms with Crippen LogP contribution in [0.3, 0.4) is 0 Å². The van der Waals surface area contributed by atoms with Crippen LogP contribution in [0.4, 0.5) is 0 Å². The summed E-state index contributed by atoms with van der Waals surface area (Å²) >= 11 is 0. The molecule has 0 atom stereocenters. The second-order valence-electron chi connectivity index (χ2n) is 4.16. The molecule has 0 heterocycles. The van der Waals surface area contributed by atoms with Crippen LogP contribution < -0.4 is 5.32 Å². The molecule has 0 saturated heterocycles. The van der Waals surface area contributed by atoms with Crippen molar-refractivity contribution in [3.05, 3.63) is 46.3 Å². The Kier molecular flexibility index (Phi) is 3.30. The maximum atomic E-state index is 12.0. The van der Waals surface area contributed by atoms with E-state index in [-0.39, 0.29) is 11.3 Å². The van der Waals surface area contributed by atoms with Gasteiger partial charge in [-0.05, 0) is 23.9 Å². The quantitative estimate of drug-likeness (QED) is 0.357. The predicted molar refractivity (Wildman–Crippen MR) is 64.4 cm³/mol. The molecule has 5 nitrogen and oxygen atoms in total. The Morgan fingerprint density at radius 2 is 2.12 bits per heavy atom. The molecule has 5 heteroatoms. The SMILES string of the molecule is [N-]=[N+]=NCCNC(=O)C1(c2ccccc2)CC1. The second kappa shape index (κ2) is 4.89. The van der Waals surface area contributed by atoms with Gasteiger partial charge in [0.1, 0.15) is 0 Å². The van der Waals surface area contributed by atoms with Gasteiger partial charge < -0.3 is 5.32 Å². The Balaban J connectivity index is 1.97. The summed E-state index contributed by atoms with van der Waals surface area (Å²) in [6.45, 7) is 0.699. The Labute approximate surface area is 99.5 Å². The maximum Gasteiger partial charge on any atom is 0.230 e. The Hall–Kier alpha value is -2.00. The number of nitrogens with one attached hydrogen (secondary N) is 1. The molecule has 1 N–H and O–H groups in total. The van der Waals surface area contributed by atoms with Gasteiger partial charge in [0.25, 0.3) is 0 Å². The van der Waals surface area contributed by atoms with Crippen LogP contribution in [0.15, 0.2) is 35.4 Å². The van der Waals surface area contributed by atoms with Crippen molar-refractivity contribution in [2.45, 2.75) is 18.3 Å². The first kappa shape index (κ1) is 11.5. The van der Waals surface area contributed by atoms with Crippen molar-refractivity contribution in [3.63, 3.8) is 0 Å². The van der Waals surface area contributed by atoms with Crippen LogP contribution in [0, 0.1) is 0 Å². The van der Waals surface area contributed by atoms with Gasteiger partial charge in [-0.15, -0.1) is 0 Å². The average molecular weight is 230 g/mol. The Bertz CT molecular complexity index is 447. The predicted octanol–water partition coefficient (Wildman–Crippen LogP) is 2.14. The van der Waals surface area contributed by atoms with Crippen molar-refractivity contribution < 1.29 is 4.79 Å². The summed E-state index contributed by atoms with van der Waals surface area (Å²) in [5.74, 6) is 0.0387. The van der Waals surface area contributed by atoms with Gasteiger partial charge in [0, 0.05) is 18.0 Å². The number of hydrogen-bond donors (Lipinski definition) is 1. The topological polar surface area (TPSA) is 77.9 Å². The molecule has 1 saturated carbocycles. The molecule has 0 unspecified atom stereocenters. The number of carbonyl (C=O) groups is 1. The molecule has 1 aliphatic carbocycles. The van der Waals surface area contributed by atoms with Crippen molar-refractivity contribution >= 4 is 5.91 Å². The molecular formula is C12H14N4O. The van der Waals surface area contributed by atoms with Gasteiger partial charge in [0.2, 0.25) is 5.91 Å². The van der Waals surface area contributed by atoms with Gasteiger partial charge in [-0.1, -0.05) is 35.4 Å². The fourth-order valence-electron chi connectivity index (χ4n) is 1.96. The zero-order valence-corrected chi connectivity index (χ0v) is 9.47. The number of azide groups is 1. The summed E-state index contributed by atoms with van der Waals surface area (Å²) in [4.78, 5) is 14.7. The third-order valence-electron chi connectivity index (χ3n) is 3.07. The molecule has 1 aromatic carbocycles. The lowest BCUT2D eigenvalue weighted by molar-refractivity contribution is -0.123. The number of nitrogens with zero attached hydrogens (tertiary/aromatic N) is 3. The van der Waals surface area contributed by atoms with E-state index in [0.717, 1.165) is 18.4 Å². The van der Waals surface area contributed by atoms with Crippen LogP contribution in [0.5, 0.6) is 0 Å². The van der Waals surface area contributed by atoms with E-state index in [4.69, 9.17) is 5.53 Å². The van der Waals surface area contributed by atoms with Crippen molar-refractivity contribution in [1.29, 1.82) is 0 Å². The highest BCUT2D eigenvalue weighted by molar-refractivity contribution is 5.91. The summed E-state index contributed by atoms with van der Waals surface area (Å²) < 4.78 is 0. The van der Waals surface area contributed by atoms with Crippen LogP contribution in [0.1, 0.15) is 18.4 Å². The van der Waals surface area contributed by atoms with Crippen molar-refractivity contribution in [2.75, 3.05) is 13.1 Å². The normalized spacial score (nSPS) is 15.8.